The predicted octanol–water partition coefficient (Wildman–Crippen LogP) is 1.72. The van der Waals surface area contributed by atoms with E-state index in [1.807, 2.05) is 6.07 Å². The Labute approximate surface area is 163 Å². The van der Waals surface area contributed by atoms with Crippen molar-refractivity contribution >= 4 is 34.1 Å². The molecule has 0 radical (unpaired) electrons. The minimum absolute atomic E-state index is 0.136. The fraction of sp³-hybridized carbons (Fsp3) is 0.474. The van der Waals surface area contributed by atoms with Crippen molar-refractivity contribution in [3.8, 4) is 0 Å². The van der Waals surface area contributed by atoms with E-state index < -0.39 is 0 Å². The molecule has 1 fully saturated rings. The lowest BCUT2D eigenvalue weighted by Crippen LogP contribution is -2.53. The third-order valence-electron chi connectivity index (χ3n) is 5.38. The molecule has 144 valence electrons. The minimum atomic E-state index is -0.372. The van der Waals surface area contributed by atoms with Crippen LogP contribution in [0.5, 0.6) is 0 Å². The highest BCUT2D eigenvalue weighted by atomic mass is 32.1. The third-order valence-corrected chi connectivity index (χ3v) is 5.60. The zero-order valence-electron chi connectivity index (χ0n) is 15.6. The number of nitrogens with one attached hydrogen (secondary N) is 3. The number of carbonyl (C=O) groups excluding carboxylic acids is 1. The summed E-state index contributed by atoms with van der Waals surface area (Å²) in [5, 5.41) is 4.15. The van der Waals surface area contributed by atoms with Crippen LogP contribution >= 0.6 is 12.2 Å². The second-order valence-electron chi connectivity index (χ2n) is 7.22. The molecule has 0 aliphatic heterocycles. The molecule has 1 saturated carbocycles. The van der Waals surface area contributed by atoms with Gasteiger partial charge in [0.1, 0.15) is 6.54 Å². The van der Waals surface area contributed by atoms with Gasteiger partial charge in [-0.1, -0.05) is 38.8 Å². The highest BCUT2D eigenvalue weighted by molar-refractivity contribution is 7.80. The predicted molar refractivity (Wildman–Crippen MR) is 109 cm³/mol. The van der Waals surface area contributed by atoms with Gasteiger partial charge in [0, 0.05) is 6.04 Å². The summed E-state index contributed by atoms with van der Waals surface area (Å²) in [6.45, 7) is 4.34. The second kappa shape index (κ2) is 8.47. The van der Waals surface area contributed by atoms with Crippen molar-refractivity contribution < 1.29 is 4.79 Å². The number of fused-ring (bicyclic) bond motifs is 1. The van der Waals surface area contributed by atoms with Crippen LogP contribution in [0.15, 0.2) is 35.4 Å². The maximum Gasteiger partial charge on any atom is 0.261 e. The summed E-state index contributed by atoms with van der Waals surface area (Å²) in [4.78, 5) is 28.8. The van der Waals surface area contributed by atoms with E-state index in [4.69, 9.17) is 12.2 Å². The third kappa shape index (κ3) is 4.63. The van der Waals surface area contributed by atoms with Crippen molar-refractivity contribution in [1.82, 2.24) is 25.7 Å². The molecule has 1 heterocycles. The average Bonchev–Trinajstić information content (AvgIpc) is 2.66. The van der Waals surface area contributed by atoms with Crippen molar-refractivity contribution in [2.45, 2.75) is 45.7 Å². The summed E-state index contributed by atoms with van der Waals surface area (Å²) in [5.41, 5.74) is 5.63. The topological polar surface area (TPSA) is 88.0 Å². The van der Waals surface area contributed by atoms with Crippen molar-refractivity contribution in [2.75, 3.05) is 0 Å². The number of hydrogen-bond donors (Lipinski definition) is 3. The van der Waals surface area contributed by atoms with Gasteiger partial charge >= 0.3 is 0 Å². The molecule has 1 aromatic heterocycles. The first kappa shape index (κ1) is 19.3. The smallest absolute Gasteiger partial charge is 0.261 e. The molecule has 1 aliphatic carbocycles. The summed E-state index contributed by atoms with van der Waals surface area (Å²) in [6, 6.07) is 7.35. The quantitative estimate of drug-likeness (QED) is 0.549. The van der Waals surface area contributed by atoms with Crippen molar-refractivity contribution in [2.24, 2.45) is 11.8 Å². The van der Waals surface area contributed by atoms with E-state index in [0.717, 1.165) is 6.42 Å². The summed E-state index contributed by atoms with van der Waals surface area (Å²) in [5.74, 6) is 0.806. The van der Waals surface area contributed by atoms with E-state index in [9.17, 15) is 9.59 Å². The maximum atomic E-state index is 12.4. The SMILES string of the molecule is C[C@@H]1[C@@H](C)CCC[C@H]1NC(=S)NNC(=O)Cn1cnc2ccccc2c1=O. The van der Waals surface area contributed by atoms with Gasteiger partial charge in [-0.25, -0.2) is 4.98 Å². The zero-order chi connectivity index (χ0) is 19.4. The Morgan fingerprint density at radius 1 is 1.26 bits per heavy atom. The lowest BCUT2D eigenvalue weighted by molar-refractivity contribution is -0.122. The molecule has 3 rings (SSSR count). The number of thiocarbonyl (C=S) groups is 1. The van der Waals surface area contributed by atoms with Gasteiger partial charge in [0.05, 0.1) is 17.2 Å². The molecule has 27 heavy (non-hydrogen) atoms. The normalized spacial score (nSPS) is 22.2. The molecule has 0 bridgehead atoms. The van der Waals surface area contributed by atoms with Crippen LogP contribution < -0.4 is 21.7 Å². The van der Waals surface area contributed by atoms with Crippen molar-refractivity contribution in [3.63, 3.8) is 0 Å². The van der Waals surface area contributed by atoms with Crippen molar-refractivity contribution in [1.29, 1.82) is 0 Å². The largest absolute Gasteiger partial charge is 0.358 e. The molecule has 0 spiro atoms. The number of para-hydroxylation sites is 1. The van der Waals surface area contributed by atoms with Gasteiger partial charge in [-0.05, 0) is 42.6 Å². The number of hydrazine groups is 1. The van der Waals surface area contributed by atoms with E-state index in [-0.39, 0.29) is 18.0 Å². The molecule has 0 saturated heterocycles. The first-order valence-electron chi connectivity index (χ1n) is 9.25. The van der Waals surface area contributed by atoms with Gasteiger partial charge in [-0.2, -0.15) is 0 Å². The average molecular weight is 388 g/mol. The zero-order valence-corrected chi connectivity index (χ0v) is 16.4. The number of hydrogen-bond acceptors (Lipinski definition) is 4. The van der Waals surface area contributed by atoms with Gasteiger partial charge in [0.15, 0.2) is 5.11 Å². The lowest BCUT2D eigenvalue weighted by atomic mass is 9.78. The van der Waals surface area contributed by atoms with Crippen LogP contribution in [0.2, 0.25) is 0 Å². The Kier molecular flexibility index (Phi) is 6.05. The number of amides is 1. The van der Waals surface area contributed by atoms with E-state index in [1.54, 1.807) is 18.2 Å². The fourth-order valence-corrected chi connectivity index (χ4v) is 3.73. The first-order valence-corrected chi connectivity index (χ1v) is 9.66. The van der Waals surface area contributed by atoms with Gasteiger partial charge in [-0.3, -0.25) is 25.0 Å². The Hall–Kier alpha value is -2.48. The molecule has 1 aliphatic rings. The van der Waals surface area contributed by atoms with Crippen LogP contribution in [0.4, 0.5) is 0 Å². The molecule has 0 unspecified atom stereocenters. The first-order chi connectivity index (χ1) is 13.0. The molecule has 3 N–H and O–H groups in total. The van der Waals surface area contributed by atoms with Gasteiger partial charge in [-0.15, -0.1) is 0 Å². The molecule has 1 aromatic carbocycles. The number of carbonyl (C=O) groups is 1. The number of benzene rings is 1. The van der Waals surface area contributed by atoms with Crippen LogP contribution in [-0.4, -0.2) is 26.6 Å². The number of aromatic nitrogens is 2. The van der Waals surface area contributed by atoms with Crippen LogP contribution in [0, 0.1) is 11.8 Å². The number of rotatable bonds is 3. The van der Waals surface area contributed by atoms with E-state index >= 15 is 0 Å². The van der Waals surface area contributed by atoms with Gasteiger partial charge in [0.2, 0.25) is 0 Å². The van der Waals surface area contributed by atoms with E-state index in [0.29, 0.717) is 33.9 Å². The lowest BCUT2D eigenvalue weighted by Gasteiger charge is -2.35. The van der Waals surface area contributed by atoms with Gasteiger partial charge in [0.25, 0.3) is 11.5 Å². The molecule has 7 nitrogen and oxygen atoms in total. The molecule has 8 heteroatoms. The van der Waals surface area contributed by atoms with Crippen molar-refractivity contribution in [3.05, 3.63) is 40.9 Å². The van der Waals surface area contributed by atoms with Crippen LogP contribution in [0.1, 0.15) is 33.1 Å². The Balaban J connectivity index is 1.53. The van der Waals surface area contributed by atoms with E-state index in [2.05, 4.69) is 35.0 Å². The fourth-order valence-electron chi connectivity index (χ4n) is 3.53. The van der Waals surface area contributed by atoms with Gasteiger partial charge < -0.3 is 5.32 Å². The molecular formula is C19H25N5O2S. The maximum absolute atomic E-state index is 12.4. The number of nitrogens with zero attached hydrogens (tertiary/aromatic N) is 2. The van der Waals surface area contributed by atoms with Crippen LogP contribution in [0.25, 0.3) is 10.9 Å². The Bertz CT molecular complexity index is 897. The molecule has 3 atom stereocenters. The molecule has 1 amide bonds. The molecular weight excluding hydrogens is 362 g/mol. The summed E-state index contributed by atoms with van der Waals surface area (Å²) in [7, 11) is 0. The Morgan fingerprint density at radius 2 is 2.04 bits per heavy atom. The Morgan fingerprint density at radius 3 is 2.85 bits per heavy atom. The summed E-state index contributed by atoms with van der Waals surface area (Å²) in [6.07, 6.45) is 4.87. The minimum Gasteiger partial charge on any atom is -0.358 e. The van der Waals surface area contributed by atoms with Crippen LogP contribution in [-0.2, 0) is 11.3 Å². The monoisotopic (exact) mass is 387 g/mol. The highest BCUT2D eigenvalue weighted by Crippen LogP contribution is 2.29. The van der Waals surface area contributed by atoms with Crippen LogP contribution in [0.3, 0.4) is 0 Å². The highest BCUT2D eigenvalue weighted by Gasteiger charge is 2.27. The standard InChI is InChI=1S/C19H25N5O2S/c1-12-6-5-9-15(13(12)2)21-19(27)23-22-17(25)10-24-11-20-16-8-4-3-7-14(16)18(24)26/h3-4,7-8,11-13,15H,5-6,9-10H2,1-2H3,(H,22,25)(H2,21,23,27)/t12-,13+,15+/m0/s1. The summed E-state index contributed by atoms with van der Waals surface area (Å²) < 4.78 is 1.28. The second-order valence-corrected chi connectivity index (χ2v) is 7.62. The molecule has 2 aromatic rings. The summed E-state index contributed by atoms with van der Waals surface area (Å²) >= 11 is 5.28. The van der Waals surface area contributed by atoms with E-state index in [1.165, 1.54) is 23.7 Å².